The molecule has 132 valence electrons. The number of benzene rings is 2. The van der Waals surface area contributed by atoms with Gasteiger partial charge in [-0.3, -0.25) is 4.79 Å². The number of carbonyl (C=O) groups is 2. The van der Waals surface area contributed by atoms with Crippen molar-refractivity contribution in [1.29, 1.82) is 0 Å². The van der Waals surface area contributed by atoms with Crippen LogP contribution in [0.5, 0.6) is 0 Å². The summed E-state index contributed by atoms with van der Waals surface area (Å²) < 4.78 is 10.9. The molecule has 0 aliphatic carbocycles. The lowest BCUT2D eigenvalue weighted by atomic mass is 9.92. The molecule has 0 aliphatic rings. The maximum Gasteiger partial charge on any atom is 0.338 e. The van der Waals surface area contributed by atoms with Crippen LogP contribution >= 0.6 is 0 Å². The zero-order chi connectivity index (χ0) is 18.1. The molecule has 25 heavy (non-hydrogen) atoms. The molecule has 0 aliphatic heterocycles. The monoisotopic (exact) mass is 340 g/mol. The summed E-state index contributed by atoms with van der Waals surface area (Å²) >= 11 is 0. The number of carbonyl (C=O) groups excluding carboxylic acids is 2. The van der Waals surface area contributed by atoms with Crippen molar-refractivity contribution in [3.63, 3.8) is 0 Å². The van der Waals surface area contributed by atoms with Crippen LogP contribution in [0, 0.1) is 5.92 Å². The molecule has 0 fully saturated rings. The maximum absolute atomic E-state index is 12.5. The summed E-state index contributed by atoms with van der Waals surface area (Å²) in [5, 5.41) is 0. The van der Waals surface area contributed by atoms with Crippen LogP contribution in [0.15, 0.2) is 60.7 Å². The minimum Gasteiger partial charge on any atom is -0.466 e. The fourth-order valence-corrected chi connectivity index (χ4v) is 2.71. The fraction of sp³-hybridized carbons (Fsp3) is 0.333. The van der Waals surface area contributed by atoms with Gasteiger partial charge in [-0.15, -0.1) is 0 Å². The van der Waals surface area contributed by atoms with E-state index in [0.717, 1.165) is 5.56 Å². The molecule has 2 aromatic rings. The summed E-state index contributed by atoms with van der Waals surface area (Å²) in [6, 6.07) is 18.5. The third-order valence-electron chi connectivity index (χ3n) is 4.01. The van der Waals surface area contributed by atoms with Crippen molar-refractivity contribution >= 4 is 11.9 Å². The maximum atomic E-state index is 12.5. The van der Waals surface area contributed by atoms with Gasteiger partial charge in [-0.25, -0.2) is 4.79 Å². The van der Waals surface area contributed by atoms with Crippen LogP contribution in [0.1, 0.15) is 36.2 Å². The van der Waals surface area contributed by atoms with E-state index in [-0.39, 0.29) is 5.97 Å². The third-order valence-corrected chi connectivity index (χ3v) is 4.01. The van der Waals surface area contributed by atoms with E-state index in [0.29, 0.717) is 25.0 Å². The number of esters is 2. The minimum atomic E-state index is -0.535. The van der Waals surface area contributed by atoms with E-state index in [1.54, 1.807) is 31.2 Å². The van der Waals surface area contributed by atoms with Gasteiger partial charge in [0.1, 0.15) is 6.10 Å². The zero-order valence-electron chi connectivity index (χ0n) is 14.7. The van der Waals surface area contributed by atoms with Gasteiger partial charge in [-0.1, -0.05) is 55.5 Å². The van der Waals surface area contributed by atoms with E-state index in [4.69, 9.17) is 9.47 Å². The molecule has 2 atom stereocenters. The number of hydrogen-bond donors (Lipinski definition) is 0. The minimum absolute atomic E-state index is 0.299. The average molecular weight is 340 g/mol. The molecule has 4 heteroatoms. The molecule has 0 bridgehead atoms. The first-order valence-corrected chi connectivity index (χ1v) is 8.62. The number of rotatable bonds is 8. The van der Waals surface area contributed by atoms with E-state index in [2.05, 4.69) is 0 Å². The molecular weight excluding hydrogens is 316 g/mol. The molecule has 2 rings (SSSR count). The van der Waals surface area contributed by atoms with Gasteiger partial charge < -0.3 is 9.47 Å². The average Bonchev–Trinajstić information content (AvgIpc) is 2.66. The molecule has 0 saturated heterocycles. The third kappa shape index (κ3) is 5.45. The van der Waals surface area contributed by atoms with Crippen molar-refractivity contribution in [2.75, 3.05) is 6.61 Å². The Morgan fingerprint density at radius 3 is 2.08 bits per heavy atom. The Balaban J connectivity index is 2.17. The Hall–Kier alpha value is -2.62. The topological polar surface area (TPSA) is 52.6 Å². The molecule has 0 N–H and O–H groups in total. The summed E-state index contributed by atoms with van der Waals surface area (Å²) in [5.41, 5.74) is 1.48. The van der Waals surface area contributed by atoms with Gasteiger partial charge in [-0.05, 0) is 37.5 Å². The SMILES string of the molecule is CCOC(=O)C(Cc1ccccc1)C(CC)OC(=O)c1ccccc1. The van der Waals surface area contributed by atoms with Crippen LogP contribution in [-0.2, 0) is 20.7 Å². The summed E-state index contributed by atoms with van der Waals surface area (Å²) in [5.74, 6) is -1.28. The molecular formula is C21H24O4. The second-order valence-corrected chi connectivity index (χ2v) is 5.77. The zero-order valence-corrected chi connectivity index (χ0v) is 14.7. The highest BCUT2D eigenvalue weighted by Crippen LogP contribution is 2.21. The first-order chi connectivity index (χ1) is 12.2. The molecule has 4 nitrogen and oxygen atoms in total. The van der Waals surface area contributed by atoms with Crippen LogP contribution in [0.3, 0.4) is 0 Å². The summed E-state index contributed by atoms with van der Waals surface area (Å²) in [6.07, 6.45) is 0.474. The van der Waals surface area contributed by atoms with Crippen LogP contribution in [0.25, 0.3) is 0 Å². The van der Waals surface area contributed by atoms with Crippen LogP contribution < -0.4 is 0 Å². The molecule has 2 unspecified atom stereocenters. The molecule has 0 saturated carbocycles. The van der Waals surface area contributed by atoms with E-state index in [1.165, 1.54) is 0 Å². The van der Waals surface area contributed by atoms with Crippen molar-refractivity contribution in [3.8, 4) is 0 Å². The lowest BCUT2D eigenvalue weighted by Gasteiger charge is -2.25. The second-order valence-electron chi connectivity index (χ2n) is 5.77. The Kier molecular flexibility index (Phi) is 7.20. The molecule has 0 heterocycles. The number of hydrogen-bond acceptors (Lipinski definition) is 4. The quantitative estimate of drug-likeness (QED) is 0.681. The molecule has 2 aromatic carbocycles. The van der Waals surface area contributed by atoms with Gasteiger partial charge in [0.2, 0.25) is 0 Å². The van der Waals surface area contributed by atoms with Crippen LogP contribution in [0.4, 0.5) is 0 Å². The van der Waals surface area contributed by atoms with Crippen LogP contribution in [0.2, 0.25) is 0 Å². The van der Waals surface area contributed by atoms with Crippen molar-refractivity contribution in [2.24, 2.45) is 5.92 Å². The molecule has 0 aromatic heterocycles. The molecule has 0 spiro atoms. The Bertz CT molecular complexity index is 667. The Morgan fingerprint density at radius 2 is 1.52 bits per heavy atom. The Labute approximate surface area is 148 Å². The Morgan fingerprint density at radius 1 is 0.920 bits per heavy atom. The van der Waals surface area contributed by atoms with Crippen molar-refractivity contribution in [2.45, 2.75) is 32.8 Å². The molecule has 0 amide bonds. The largest absolute Gasteiger partial charge is 0.466 e. The van der Waals surface area contributed by atoms with Crippen molar-refractivity contribution in [1.82, 2.24) is 0 Å². The van der Waals surface area contributed by atoms with E-state index in [9.17, 15) is 9.59 Å². The van der Waals surface area contributed by atoms with Crippen molar-refractivity contribution in [3.05, 3.63) is 71.8 Å². The number of ether oxygens (including phenoxy) is 2. The highest BCUT2D eigenvalue weighted by atomic mass is 16.6. The predicted molar refractivity (Wildman–Crippen MR) is 96.2 cm³/mol. The summed E-state index contributed by atoms with van der Waals surface area (Å²) in [6.45, 7) is 3.97. The highest BCUT2D eigenvalue weighted by Gasteiger charge is 2.32. The van der Waals surface area contributed by atoms with Crippen molar-refractivity contribution < 1.29 is 19.1 Å². The fourth-order valence-electron chi connectivity index (χ4n) is 2.71. The standard InChI is InChI=1S/C21H24O4/c1-3-19(25-20(22)17-13-9-6-10-14-17)18(21(23)24-4-2)15-16-11-7-5-8-12-16/h5-14,18-19H,3-4,15H2,1-2H3. The van der Waals surface area contributed by atoms with Gasteiger partial charge in [0.15, 0.2) is 0 Å². The van der Waals surface area contributed by atoms with Gasteiger partial charge in [0.25, 0.3) is 0 Å². The van der Waals surface area contributed by atoms with Gasteiger partial charge in [-0.2, -0.15) is 0 Å². The van der Waals surface area contributed by atoms with Crippen LogP contribution in [-0.4, -0.2) is 24.6 Å². The van der Waals surface area contributed by atoms with E-state index < -0.39 is 18.0 Å². The van der Waals surface area contributed by atoms with Gasteiger partial charge >= 0.3 is 11.9 Å². The highest BCUT2D eigenvalue weighted by molar-refractivity contribution is 5.89. The lowest BCUT2D eigenvalue weighted by molar-refractivity contribution is -0.152. The van der Waals surface area contributed by atoms with Gasteiger partial charge in [0.05, 0.1) is 18.1 Å². The predicted octanol–water partition coefficient (Wildman–Crippen LogP) is 4.04. The van der Waals surface area contributed by atoms with E-state index >= 15 is 0 Å². The summed E-state index contributed by atoms with van der Waals surface area (Å²) in [4.78, 5) is 24.8. The molecule has 0 radical (unpaired) electrons. The first kappa shape index (κ1) is 18.7. The summed E-state index contributed by atoms with van der Waals surface area (Å²) in [7, 11) is 0. The smallest absolute Gasteiger partial charge is 0.338 e. The van der Waals surface area contributed by atoms with Gasteiger partial charge in [0, 0.05) is 0 Å². The normalized spacial score (nSPS) is 12.9. The second kappa shape index (κ2) is 9.62. The van der Waals surface area contributed by atoms with E-state index in [1.807, 2.05) is 43.3 Å². The lowest BCUT2D eigenvalue weighted by Crippen LogP contribution is -2.35. The first-order valence-electron chi connectivity index (χ1n) is 8.62.